The van der Waals surface area contributed by atoms with Gasteiger partial charge in [0, 0.05) is 36.3 Å². The van der Waals surface area contributed by atoms with E-state index >= 15 is 0 Å². The number of ether oxygens (including phenoxy) is 1. The predicted molar refractivity (Wildman–Crippen MR) is 162 cm³/mol. The number of rotatable bonds is 2. The molecular weight excluding hydrogens is 562 g/mol. The van der Waals surface area contributed by atoms with Crippen molar-refractivity contribution in [1.29, 1.82) is 0 Å². The van der Waals surface area contributed by atoms with Crippen molar-refractivity contribution < 1.29 is 17.9 Å². The molecule has 2 aliphatic rings. The number of carbonyl (C=O) groups excluding carboxylic acids is 1. The maximum atomic E-state index is 14.0. The molecule has 1 aromatic heterocycles. The minimum atomic E-state index is -4.09. The Balaban J connectivity index is 0.00000387. The number of fused-ring (bicyclic) bond motifs is 6. The maximum Gasteiger partial charge on any atom is 0.264 e. The quantitative estimate of drug-likeness (QED) is 0.445. The Kier molecular flexibility index (Phi) is 8.68. The molecule has 6 bridgehead atoms. The molecule has 0 unspecified atom stereocenters. The zero-order chi connectivity index (χ0) is 28.8. The van der Waals surface area contributed by atoms with Crippen molar-refractivity contribution in [2.45, 2.75) is 58.1 Å². The third-order valence-corrected chi connectivity index (χ3v) is 8.66. The molecule has 3 aromatic rings. The summed E-state index contributed by atoms with van der Waals surface area (Å²) in [5.74, 6) is -0.0598. The molecule has 0 aliphatic carbocycles. The number of hydrogen-bond acceptors (Lipinski definition) is 7. The number of nitrogens with one attached hydrogen (secondary N) is 1. The molecular formula is C30H38ClN5O4S. The zero-order valence-corrected chi connectivity index (χ0v) is 26.0. The van der Waals surface area contributed by atoms with Crippen molar-refractivity contribution in [2.24, 2.45) is 5.41 Å². The predicted octanol–water partition coefficient (Wildman–Crippen LogP) is 4.94. The Bertz CT molecular complexity index is 1540. The van der Waals surface area contributed by atoms with E-state index in [2.05, 4.69) is 40.4 Å². The van der Waals surface area contributed by atoms with Crippen molar-refractivity contribution in [3.63, 3.8) is 0 Å². The first-order valence-corrected chi connectivity index (χ1v) is 15.0. The molecule has 2 aromatic carbocycles. The fraction of sp³-hybridized carbons (Fsp3) is 0.433. The van der Waals surface area contributed by atoms with E-state index in [1.165, 1.54) is 12.1 Å². The van der Waals surface area contributed by atoms with Gasteiger partial charge in [-0.1, -0.05) is 45.0 Å². The number of aromatic nitrogens is 2. The fourth-order valence-corrected chi connectivity index (χ4v) is 6.69. The molecule has 1 amide bonds. The molecule has 3 heterocycles. The number of likely N-dealkylation sites (N-methyl/N-ethyl adjacent to an activating group) is 1. The molecule has 5 rings (SSSR count). The summed E-state index contributed by atoms with van der Waals surface area (Å²) in [5.41, 5.74) is 3.74. The van der Waals surface area contributed by atoms with Gasteiger partial charge >= 0.3 is 0 Å². The average molecular weight is 600 g/mol. The molecule has 2 aliphatic heterocycles. The molecule has 9 nitrogen and oxygen atoms in total. The molecule has 220 valence electrons. The van der Waals surface area contributed by atoms with Crippen LogP contribution in [0.5, 0.6) is 5.88 Å². The van der Waals surface area contributed by atoms with Gasteiger partial charge in [-0.2, -0.15) is 4.98 Å². The molecule has 0 radical (unpaired) electrons. The summed E-state index contributed by atoms with van der Waals surface area (Å²) in [7, 11) is -2.06. The molecule has 41 heavy (non-hydrogen) atoms. The lowest BCUT2D eigenvalue weighted by Crippen LogP contribution is -2.47. The van der Waals surface area contributed by atoms with Crippen molar-refractivity contribution in [1.82, 2.24) is 19.8 Å². The van der Waals surface area contributed by atoms with Crippen LogP contribution in [0.1, 0.15) is 48.7 Å². The monoisotopic (exact) mass is 599 g/mol. The molecule has 1 N–H and O–H groups in total. The summed E-state index contributed by atoms with van der Waals surface area (Å²) in [4.78, 5) is 27.1. The lowest BCUT2D eigenvalue weighted by molar-refractivity contribution is 0.0558. The van der Waals surface area contributed by atoms with E-state index in [1.807, 2.05) is 44.0 Å². The third kappa shape index (κ3) is 6.82. The Hall–Kier alpha value is -3.21. The van der Waals surface area contributed by atoms with Crippen LogP contribution in [0.4, 0.5) is 5.95 Å². The SMILES string of the molecule is Cc1cccc(C)c1-c1cc2nc(n1)NS(=O)(=O)c1cccc(c1)C(=O)N1C[C@@H](CN(C)C[C@@H]1CC(C)(C)C)O2.Cl. The number of sulfonamides is 1. The molecule has 0 spiro atoms. The van der Waals surface area contributed by atoms with Crippen LogP contribution in [0.15, 0.2) is 53.4 Å². The van der Waals surface area contributed by atoms with E-state index in [4.69, 9.17) is 4.74 Å². The number of halogens is 1. The van der Waals surface area contributed by atoms with Crippen LogP contribution in [-0.4, -0.2) is 72.9 Å². The Labute approximate surface area is 248 Å². The van der Waals surface area contributed by atoms with Crippen LogP contribution in [0.3, 0.4) is 0 Å². The van der Waals surface area contributed by atoms with Crippen LogP contribution in [-0.2, 0) is 10.0 Å². The summed E-state index contributed by atoms with van der Waals surface area (Å²) in [5, 5.41) is 0. The van der Waals surface area contributed by atoms with Crippen molar-refractivity contribution in [3.8, 4) is 17.1 Å². The second-order valence-electron chi connectivity index (χ2n) is 12.2. The second-order valence-corrected chi connectivity index (χ2v) is 13.8. The van der Waals surface area contributed by atoms with Crippen LogP contribution in [0, 0.1) is 19.3 Å². The summed E-state index contributed by atoms with van der Waals surface area (Å²) in [6.07, 6.45) is 0.386. The first-order valence-electron chi connectivity index (χ1n) is 13.5. The van der Waals surface area contributed by atoms with E-state index in [0.717, 1.165) is 23.1 Å². The minimum absolute atomic E-state index is 0. The molecule has 11 heteroatoms. The standard InChI is InChI=1S/C30H37N5O4S.ClH/c1-19-9-7-10-20(2)27(19)25-14-26-32-29(31-25)33-40(37,38)24-12-8-11-21(13-24)28(36)35-18-23(39-26)17-34(6)16-22(35)15-30(3,4)5;/h7-14,22-23H,15-18H2,1-6H3,(H,31,32,33);1H/t22-,23+;/m0./s1. The van der Waals surface area contributed by atoms with E-state index in [9.17, 15) is 13.2 Å². The molecule has 1 saturated heterocycles. The van der Waals surface area contributed by atoms with Gasteiger partial charge < -0.3 is 14.5 Å². The number of benzene rings is 2. The highest BCUT2D eigenvalue weighted by Gasteiger charge is 2.36. The summed E-state index contributed by atoms with van der Waals surface area (Å²) in [6, 6.07) is 13.8. The Morgan fingerprint density at radius 1 is 1.00 bits per heavy atom. The summed E-state index contributed by atoms with van der Waals surface area (Å²) < 4.78 is 35.9. The van der Waals surface area contributed by atoms with Gasteiger partial charge in [-0.15, -0.1) is 12.4 Å². The number of hydrogen-bond donors (Lipinski definition) is 1. The highest BCUT2D eigenvalue weighted by molar-refractivity contribution is 7.92. The number of amides is 1. The Morgan fingerprint density at radius 3 is 2.37 bits per heavy atom. The normalized spacial score (nSPS) is 20.7. The summed E-state index contributed by atoms with van der Waals surface area (Å²) >= 11 is 0. The number of nitrogens with zero attached hydrogens (tertiary/aromatic N) is 4. The van der Waals surface area contributed by atoms with E-state index in [1.54, 1.807) is 18.2 Å². The second kappa shape index (κ2) is 11.6. The van der Waals surface area contributed by atoms with Crippen LogP contribution < -0.4 is 9.46 Å². The van der Waals surface area contributed by atoms with E-state index in [-0.39, 0.29) is 46.5 Å². The topological polar surface area (TPSA) is 105 Å². The van der Waals surface area contributed by atoms with Crippen LogP contribution in [0.2, 0.25) is 0 Å². The van der Waals surface area contributed by atoms with Crippen LogP contribution >= 0.6 is 12.4 Å². The van der Waals surface area contributed by atoms with Gasteiger partial charge in [0.2, 0.25) is 11.8 Å². The fourth-order valence-electron chi connectivity index (χ4n) is 5.70. The van der Waals surface area contributed by atoms with Gasteiger partial charge in [0.25, 0.3) is 15.9 Å². The smallest absolute Gasteiger partial charge is 0.264 e. The third-order valence-electron chi connectivity index (χ3n) is 7.33. The number of carbonyl (C=O) groups is 1. The zero-order valence-electron chi connectivity index (χ0n) is 24.3. The van der Waals surface area contributed by atoms with Crippen molar-refractivity contribution in [3.05, 3.63) is 65.2 Å². The highest BCUT2D eigenvalue weighted by atomic mass is 35.5. The number of anilines is 1. The molecule has 0 saturated carbocycles. The van der Waals surface area contributed by atoms with Gasteiger partial charge in [-0.3, -0.25) is 4.79 Å². The van der Waals surface area contributed by atoms with Crippen molar-refractivity contribution in [2.75, 3.05) is 31.4 Å². The van der Waals surface area contributed by atoms with Gasteiger partial charge in [0.15, 0.2) is 0 Å². The van der Waals surface area contributed by atoms with Crippen LogP contribution in [0.25, 0.3) is 11.3 Å². The first-order chi connectivity index (χ1) is 18.8. The van der Waals surface area contributed by atoms with Gasteiger partial charge in [0.1, 0.15) is 6.10 Å². The average Bonchev–Trinajstić information content (AvgIpc) is 2.99. The lowest BCUT2D eigenvalue weighted by Gasteiger charge is -2.35. The van der Waals surface area contributed by atoms with Gasteiger partial charge in [-0.25, -0.2) is 18.1 Å². The minimum Gasteiger partial charge on any atom is -0.471 e. The Morgan fingerprint density at radius 2 is 1.68 bits per heavy atom. The largest absolute Gasteiger partial charge is 0.471 e. The van der Waals surface area contributed by atoms with E-state index < -0.39 is 16.1 Å². The van der Waals surface area contributed by atoms with Gasteiger partial charge in [-0.05, 0) is 62.1 Å². The van der Waals surface area contributed by atoms with Crippen molar-refractivity contribution >= 4 is 34.3 Å². The van der Waals surface area contributed by atoms with E-state index in [0.29, 0.717) is 30.9 Å². The lowest BCUT2D eigenvalue weighted by atomic mass is 9.87. The maximum absolute atomic E-state index is 14.0. The first kappa shape index (κ1) is 30.7. The molecule has 1 fully saturated rings. The number of aryl methyl sites for hydroxylation is 2. The summed E-state index contributed by atoms with van der Waals surface area (Å²) in [6.45, 7) is 12.0. The molecule has 2 atom stereocenters. The highest BCUT2D eigenvalue weighted by Crippen LogP contribution is 2.32. The van der Waals surface area contributed by atoms with Gasteiger partial charge in [0.05, 0.1) is 17.1 Å².